The van der Waals surface area contributed by atoms with Gasteiger partial charge in [0, 0.05) is 18.6 Å². The van der Waals surface area contributed by atoms with Gasteiger partial charge < -0.3 is 10.4 Å². The zero-order valence-electron chi connectivity index (χ0n) is 15.1. The maximum atomic E-state index is 12.9. The number of phenols is 1. The summed E-state index contributed by atoms with van der Waals surface area (Å²) in [5.74, 6) is 0.329. The first-order valence-corrected chi connectivity index (χ1v) is 8.72. The van der Waals surface area contributed by atoms with Crippen LogP contribution in [0.1, 0.15) is 37.5 Å². The highest BCUT2D eigenvalue weighted by molar-refractivity contribution is 5.83. The summed E-state index contributed by atoms with van der Waals surface area (Å²) in [5, 5.41) is 12.6. The summed E-state index contributed by atoms with van der Waals surface area (Å²) in [5.41, 5.74) is 3.36. The third-order valence-electron chi connectivity index (χ3n) is 4.47. The molecule has 0 bridgehead atoms. The van der Waals surface area contributed by atoms with Crippen molar-refractivity contribution in [1.82, 2.24) is 10.2 Å². The normalized spacial score (nSPS) is 17.8. The SMILES string of the molecule is CC(C)(C)NC(=O)C1Cc2ccccc2CN1Cc1ccc(O)cc1. The minimum absolute atomic E-state index is 0.0702. The molecule has 1 amide bonds. The molecule has 4 heteroatoms. The Labute approximate surface area is 149 Å². The Hall–Kier alpha value is -2.33. The summed E-state index contributed by atoms with van der Waals surface area (Å²) >= 11 is 0. The van der Waals surface area contributed by atoms with Crippen molar-refractivity contribution >= 4 is 5.91 Å². The summed E-state index contributed by atoms with van der Waals surface area (Å²) in [6.07, 6.45) is 0.718. The molecule has 132 valence electrons. The summed E-state index contributed by atoms with van der Waals surface area (Å²) in [6.45, 7) is 7.44. The average Bonchev–Trinajstić information content (AvgIpc) is 2.55. The molecule has 0 aromatic heterocycles. The van der Waals surface area contributed by atoms with Crippen LogP contribution in [0.15, 0.2) is 48.5 Å². The number of nitrogens with zero attached hydrogens (tertiary/aromatic N) is 1. The van der Waals surface area contributed by atoms with Gasteiger partial charge in [-0.2, -0.15) is 0 Å². The zero-order valence-corrected chi connectivity index (χ0v) is 15.1. The number of nitrogens with one attached hydrogen (secondary N) is 1. The smallest absolute Gasteiger partial charge is 0.238 e. The fourth-order valence-electron chi connectivity index (χ4n) is 3.29. The van der Waals surface area contributed by atoms with Gasteiger partial charge in [-0.25, -0.2) is 0 Å². The predicted octanol–water partition coefficient (Wildman–Crippen LogP) is 3.23. The first-order chi connectivity index (χ1) is 11.8. The lowest BCUT2D eigenvalue weighted by Gasteiger charge is -2.37. The minimum atomic E-state index is -0.252. The van der Waals surface area contributed by atoms with Crippen molar-refractivity contribution in [3.63, 3.8) is 0 Å². The molecule has 2 aromatic carbocycles. The number of carbonyl (C=O) groups is 1. The molecule has 0 fully saturated rings. The van der Waals surface area contributed by atoms with Gasteiger partial charge in [-0.3, -0.25) is 9.69 Å². The third-order valence-corrected chi connectivity index (χ3v) is 4.47. The quantitative estimate of drug-likeness (QED) is 0.903. The second kappa shape index (κ2) is 6.89. The second-order valence-electron chi connectivity index (χ2n) is 7.80. The molecule has 1 heterocycles. The van der Waals surface area contributed by atoms with E-state index in [0.29, 0.717) is 6.54 Å². The Bertz CT molecular complexity index is 747. The van der Waals surface area contributed by atoms with E-state index >= 15 is 0 Å². The summed E-state index contributed by atoms with van der Waals surface area (Å²) < 4.78 is 0. The van der Waals surface area contributed by atoms with Gasteiger partial charge in [-0.1, -0.05) is 36.4 Å². The molecule has 0 radical (unpaired) electrons. The van der Waals surface area contributed by atoms with Crippen molar-refractivity contribution in [2.45, 2.75) is 51.9 Å². The number of fused-ring (bicyclic) bond motifs is 1. The molecule has 0 saturated carbocycles. The summed E-state index contributed by atoms with van der Waals surface area (Å²) in [4.78, 5) is 15.1. The molecule has 0 saturated heterocycles. The number of hydrogen-bond acceptors (Lipinski definition) is 3. The Balaban J connectivity index is 1.85. The van der Waals surface area contributed by atoms with Crippen LogP contribution < -0.4 is 5.32 Å². The second-order valence-corrected chi connectivity index (χ2v) is 7.80. The highest BCUT2D eigenvalue weighted by Gasteiger charge is 2.32. The lowest BCUT2D eigenvalue weighted by Crippen LogP contribution is -2.54. The molecule has 1 unspecified atom stereocenters. The Kier molecular flexibility index (Phi) is 4.82. The molecule has 0 spiro atoms. The number of carbonyl (C=O) groups excluding carboxylic acids is 1. The van der Waals surface area contributed by atoms with Crippen LogP contribution in [-0.4, -0.2) is 27.5 Å². The van der Waals surface area contributed by atoms with Crippen molar-refractivity contribution in [2.75, 3.05) is 0 Å². The van der Waals surface area contributed by atoms with Crippen LogP contribution in [0.3, 0.4) is 0 Å². The Morgan fingerprint density at radius 2 is 1.76 bits per heavy atom. The van der Waals surface area contributed by atoms with Crippen molar-refractivity contribution in [1.29, 1.82) is 0 Å². The number of benzene rings is 2. The van der Waals surface area contributed by atoms with Crippen molar-refractivity contribution in [3.05, 3.63) is 65.2 Å². The first-order valence-electron chi connectivity index (χ1n) is 8.72. The predicted molar refractivity (Wildman–Crippen MR) is 99.2 cm³/mol. The van der Waals surface area contributed by atoms with Crippen LogP contribution >= 0.6 is 0 Å². The summed E-state index contributed by atoms with van der Waals surface area (Å²) in [6, 6.07) is 15.3. The van der Waals surface area contributed by atoms with Crippen LogP contribution in [0.5, 0.6) is 5.75 Å². The zero-order chi connectivity index (χ0) is 18.0. The molecule has 0 aliphatic carbocycles. The van der Waals surface area contributed by atoms with Gasteiger partial charge in [0.2, 0.25) is 5.91 Å². The molecule has 2 aromatic rings. The van der Waals surface area contributed by atoms with Crippen LogP contribution in [0.4, 0.5) is 0 Å². The van der Waals surface area contributed by atoms with E-state index in [-0.39, 0.29) is 23.2 Å². The fraction of sp³-hybridized carbons (Fsp3) is 0.381. The summed E-state index contributed by atoms with van der Waals surface area (Å²) in [7, 11) is 0. The maximum absolute atomic E-state index is 12.9. The molecule has 1 aliphatic heterocycles. The minimum Gasteiger partial charge on any atom is -0.508 e. The van der Waals surface area contributed by atoms with E-state index in [1.165, 1.54) is 11.1 Å². The maximum Gasteiger partial charge on any atom is 0.238 e. The van der Waals surface area contributed by atoms with E-state index in [2.05, 4.69) is 22.3 Å². The molecule has 1 atom stereocenters. The largest absolute Gasteiger partial charge is 0.508 e. The van der Waals surface area contributed by atoms with Crippen LogP contribution in [0.25, 0.3) is 0 Å². The fourth-order valence-corrected chi connectivity index (χ4v) is 3.29. The molecule has 4 nitrogen and oxygen atoms in total. The van der Waals surface area contributed by atoms with Crippen molar-refractivity contribution in [2.24, 2.45) is 0 Å². The number of hydrogen-bond donors (Lipinski definition) is 2. The molecular weight excluding hydrogens is 312 g/mol. The highest BCUT2D eigenvalue weighted by Crippen LogP contribution is 2.26. The van der Waals surface area contributed by atoms with Crippen LogP contribution in [0, 0.1) is 0 Å². The van der Waals surface area contributed by atoms with E-state index in [0.717, 1.165) is 18.5 Å². The molecule has 25 heavy (non-hydrogen) atoms. The Morgan fingerprint density at radius 1 is 1.12 bits per heavy atom. The monoisotopic (exact) mass is 338 g/mol. The lowest BCUT2D eigenvalue weighted by atomic mass is 9.92. The molecular formula is C21H26N2O2. The van der Waals surface area contributed by atoms with Gasteiger partial charge >= 0.3 is 0 Å². The standard InChI is InChI=1S/C21H26N2O2/c1-21(2,3)22-20(25)19-12-16-6-4-5-7-17(16)14-23(19)13-15-8-10-18(24)11-9-15/h4-11,19,24H,12-14H2,1-3H3,(H,22,25). The van der Waals surface area contributed by atoms with Gasteiger partial charge in [0.15, 0.2) is 0 Å². The van der Waals surface area contributed by atoms with Gasteiger partial charge in [-0.15, -0.1) is 0 Å². The van der Waals surface area contributed by atoms with E-state index in [4.69, 9.17) is 0 Å². The lowest BCUT2D eigenvalue weighted by molar-refractivity contribution is -0.128. The molecule has 1 aliphatic rings. The number of phenolic OH excluding ortho intramolecular Hbond substituents is 1. The Morgan fingerprint density at radius 3 is 2.40 bits per heavy atom. The van der Waals surface area contributed by atoms with E-state index in [1.807, 2.05) is 45.0 Å². The number of aromatic hydroxyl groups is 1. The number of rotatable bonds is 3. The van der Waals surface area contributed by atoms with Gasteiger partial charge in [0.1, 0.15) is 5.75 Å². The molecule has 2 N–H and O–H groups in total. The van der Waals surface area contributed by atoms with Crippen LogP contribution in [0.2, 0.25) is 0 Å². The van der Waals surface area contributed by atoms with Crippen LogP contribution in [-0.2, 0) is 24.3 Å². The molecule has 3 rings (SSSR count). The average molecular weight is 338 g/mol. The van der Waals surface area contributed by atoms with Gasteiger partial charge in [0.05, 0.1) is 6.04 Å². The topological polar surface area (TPSA) is 52.6 Å². The number of amides is 1. The van der Waals surface area contributed by atoms with Crippen molar-refractivity contribution in [3.8, 4) is 5.75 Å². The van der Waals surface area contributed by atoms with Gasteiger partial charge in [-0.05, 0) is 56.0 Å². The van der Waals surface area contributed by atoms with E-state index in [9.17, 15) is 9.90 Å². The van der Waals surface area contributed by atoms with E-state index < -0.39 is 0 Å². The third kappa shape index (κ3) is 4.40. The first kappa shape index (κ1) is 17.5. The van der Waals surface area contributed by atoms with Gasteiger partial charge in [0.25, 0.3) is 0 Å². The van der Waals surface area contributed by atoms with Crippen molar-refractivity contribution < 1.29 is 9.90 Å². The highest BCUT2D eigenvalue weighted by atomic mass is 16.3. The van der Waals surface area contributed by atoms with E-state index in [1.54, 1.807) is 12.1 Å².